The number of benzene rings is 1. The zero-order valence-corrected chi connectivity index (χ0v) is 13.9. The van der Waals surface area contributed by atoms with Crippen LogP contribution in [0.1, 0.15) is 43.2 Å². The molecule has 1 heterocycles. The number of amides is 1. The van der Waals surface area contributed by atoms with E-state index in [1.807, 2.05) is 0 Å². The number of carbonyl (C=O) groups excluding carboxylic acids is 1. The molecule has 0 bridgehead atoms. The van der Waals surface area contributed by atoms with E-state index in [1.54, 1.807) is 25.1 Å². The van der Waals surface area contributed by atoms with E-state index in [-0.39, 0.29) is 18.1 Å². The molecule has 1 amide bonds. The Labute approximate surface area is 145 Å². The van der Waals surface area contributed by atoms with Crippen molar-refractivity contribution < 1.29 is 15.0 Å². The fraction of sp³-hybridized carbons (Fsp3) is 0.316. The Morgan fingerprint density at radius 1 is 1.40 bits per heavy atom. The summed E-state index contributed by atoms with van der Waals surface area (Å²) in [5.41, 5.74) is 2.68. The van der Waals surface area contributed by atoms with Crippen LogP contribution in [-0.2, 0) is 4.79 Å². The second-order valence-corrected chi connectivity index (χ2v) is 6.29. The molecule has 2 aromatic rings. The summed E-state index contributed by atoms with van der Waals surface area (Å²) >= 11 is 0. The van der Waals surface area contributed by atoms with E-state index >= 15 is 0 Å². The van der Waals surface area contributed by atoms with E-state index in [9.17, 15) is 15.0 Å². The van der Waals surface area contributed by atoms with Crippen LogP contribution >= 0.6 is 0 Å². The summed E-state index contributed by atoms with van der Waals surface area (Å²) < 4.78 is 0. The molecule has 1 saturated carbocycles. The average molecular weight is 337 g/mol. The van der Waals surface area contributed by atoms with Gasteiger partial charge in [-0.05, 0) is 55.5 Å². The zero-order valence-electron chi connectivity index (χ0n) is 13.9. The normalized spacial score (nSPS) is 14.6. The summed E-state index contributed by atoms with van der Waals surface area (Å²) in [5, 5.41) is 30.4. The third-order valence-corrected chi connectivity index (χ3v) is 4.01. The number of carbonyl (C=O) groups is 1. The van der Waals surface area contributed by atoms with Gasteiger partial charge in [0.2, 0.25) is 5.91 Å². The largest absolute Gasteiger partial charge is 0.507 e. The van der Waals surface area contributed by atoms with Crippen molar-refractivity contribution in [1.29, 1.82) is 0 Å². The number of aliphatic hydroxyl groups is 1. The van der Waals surface area contributed by atoms with Gasteiger partial charge in [-0.2, -0.15) is 0 Å². The van der Waals surface area contributed by atoms with Crippen molar-refractivity contribution >= 4 is 11.7 Å². The third kappa shape index (κ3) is 3.95. The number of anilines is 1. The van der Waals surface area contributed by atoms with Crippen LogP contribution in [0, 0.1) is 12.3 Å². The maximum atomic E-state index is 11.8. The van der Waals surface area contributed by atoms with Crippen molar-refractivity contribution in [2.24, 2.45) is 0 Å². The van der Waals surface area contributed by atoms with E-state index < -0.39 is 6.10 Å². The summed E-state index contributed by atoms with van der Waals surface area (Å²) in [7, 11) is 0. The van der Waals surface area contributed by atoms with E-state index in [0.29, 0.717) is 28.6 Å². The molecule has 128 valence electrons. The van der Waals surface area contributed by atoms with Gasteiger partial charge in [-0.15, -0.1) is 16.6 Å². The van der Waals surface area contributed by atoms with Gasteiger partial charge in [0.1, 0.15) is 11.4 Å². The van der Waals surface area contributed by atoms with Crippen LogP contribution in [-0.4, -0.2) is 32.4 Å². The minimum absolute atomic E-state index is 0.00344. The molecule has 1 atom stereocenters. The number of aliphatic hydroxyl groups excluding tert-OH is 1. The van der Waals surface area contributed by atoms with Crippen molar-refractivity contribution in [2.75, 3.05) is 5.32 Å². The first-order valence-electron chi connectivity index (χ1n) is 8.13. The number of terminal acetylenes is 1. The summed E-state index contributed by atoms with van der Waals surface area (Å²) in [6.07, 6.45) is 6.69. The monoisotopic (exact) mass is 337 g/mol. The average Bonchev–Trinajstić information content (AvgIpc) is 3.39. The summed E-state index contributed by atoms with van der Waals surface area (Å²) in [6, 6.07) is 6.78. The molecule has 25 heavy (non-hydrogen) atoms. The lowest BCUT2D eigenvalue weighted by molar-refractivity contribution is -0.117. The first-order chi connectivity index (χ1) is 12.0. The number of hydrogen-bond donors (Lipinski definition) is 3. The van der Waals surface area contributed by atoms with Crippen LogP contribution in [0.5, 0.6) is 5.75 Å². The first kappa shape index (κ1) is 16.9. The quantitative estimate of drug-likeness (QED) is 0.728. The smallest absolute Gasteiger partial charge is 0.228 e. The molecule has 1 aromatic heterocycles. The summed E-state index contributed by atoms with van der Waals surface area (Å²) in [4.78, 5) is 11.8. The Kier molecular flexibility index (Phi) is 4.68. The molecular formula is C19H19N3O3. The maximum Gasteiger partial charge on any atom is 0.228 e. The molecule has 1 fully saturated rings. The van der Waals surface area contributed by atoms with Crippen LogP contribution in [0.25, 0.3) is 11.3 Å². The molecule has 6 heteroatoms. The van der Waals surface area contributed by atoms with Crippen molar-refractivity contribution in [3.63, 3.8) is 0 Å². The molecule has 1 aromatic carbocycles. The van der Waals surface area contributed by atoms with E-state index in [0.717, 1.165) is 18.4 Å². The highest BCUT2D eigenvalue weighted by Crippen LogP contribution is 2.45. The summed E-state index contributed by atoms with van der Waals surface area (Å²) in [6.45, 7) is 1.55. The first-order valence-corrected chi connectivity index (χ1v) is 8.13. The number of nitrogens with one attached hydrogen (secondary N) is 1. The van der Waals surface area contributed by atoms with Gasteiger partial charge in [0.25, 0.3) is 0 Å². The number of rotatable bonds is 5. The van der Waals surface area contributed by atoms with Crippen molar-refractivity contribution in [1.82, 2.24) is 10.2 Å². The fourth-order valence-electron chi connectivity index (χ4n) is 2.67. The number of phenolic OH excluding ortho intramolecular Hbond substituents is 1. The molecule has 3 rings (SSSR count). The number of nitrogens with zero attached hydrogens (tertiary/aromatic N) is 2. The van der Waals surface area contributed by atoms with E-state index in [4.69, 9.17) is 6.42 Å². The molecule has 0 unspecified atom stereocenters. The molecule has 0 spiro atoms. The Bertz CT molecular complexity index is 851. The van der Waals surface area contributed by atoms with E-state index in [1.165, 1.54) is 6.07 Å². The lowest BCUT2D eigenvalue weighted by Crippen LogP contribution is -2.18. The minimum Gasteiger partial charge on any atom is -0.507 e. The van der Waals surface area contributed by atoms with Gasteiger partial charge in [0.05, 0.1) is 12.5 Å². The Hall–Kier alpha value is -2.91. The lowest BCUT2D eigenvalue weighted by Gasteiger charge is -2.12. The maximum absolute atomic E-state index is 11.8. The second kappa shape index (κ2) is 6.91. The van der Waals surface area contributed by atoms with Gasteiger partial charge in [-0.1, -0.05) is 5.92 Å². The van der Waals surface area contributed by atoms with Crippen molar-refractivity contribution in [3.05, 3.63) is 35.4 Å². The SMILES string of the molecule is C#Cc1ccc(-c2nnc(NC(=O)C[C@H](C)O)cc2C2CC2)c(O)c1. The van der Waals surface area contributed by atoms with Crippen LogP contribution < -0.4 is 5.32 Å². The van der Waals surface area contributed by atoms with Gasteiger partial charge in [0, 0.05) is 11.1 Å². The molecule has 0 aliphatic heterocycles. The summed E-state index contributed by atoms with van der Waals surface area (Å²) in [5.74, 6) is 2.89. The van der Waals surface area contributed by atoms with Crippen LogP contribution in [0.2, 0.25) is 0 Å². The highest BCUT2D eigenvalue weighted by Gasteiger charge is 2.29. The van der Waals surface area contributed by atoms with Gasteiger partial charge >= 0.3 is 0 Å². The molecule has 1 aliphatic carbocycles. The molecule has 3 N–H and O–H groups in total. The van der Waals surface area contributed by atoms with E-state index in [2.05, 4.69) is 21.4 Å². The fourth-order valence-corrected chi connectivity index (χ4v) is 2.67. The highest BCUT2D eigenvalue weighted by molar-refractivity contribution is 5.90. The lowest BCUT2D eigenvalue weighted by atomic mass is 10.0. The van der Waals surface area contributed by atoms with Gasteiger partial charge < -0.3 is 15.5 Å². The number of phenols is 1. The molecular weight excluding hydrogens is 318 g/mol. The van der Waals surface area contributed by atoms with Crippen LogP contribution in [0.4, 0.5) is 5.82 Å². The van der Waals surface area contributed by atoms with Crippen LogP contribution in [0.15, 0.2) is 24.3 Å². The second-order valence-electron chi connectivity index (χ2n) is 6.29. The predicted molar refractivity (Wildman–Crippen MR) is 94.0 cm³/mol. The molecule has 0 radical (unpaired) electrons. The standard InChI is InChI=1S/C19H19N3O3/c1-3-12-4-7-14(16(24)9-12)19-15(13-5-6-13)10-17(21-22-19)20-18(25)8-11(2)23/h1,4,7,9-11,13,23-24H,5-6,8H2,2H3,(H,20,21,25)/t11-/m0/s1. The number of aromatic nitrogens is 2. The number of hydrogen-bond acceptors (Lipinski definition) is 5. The number of aromatic hydroxyl groups is 1. The highest BCUT2D eigenvalue weighted by atomic mass is 16.3. The molecule has 6 nitrogen and oxygen atoms in total. The Balaban J connectivity index is 1.93. The molecule has 1 aliphatic rings. The zero-order chi connectivity index (χ0) is 18.0. The predicted octanol–water partition coefficient (Wildman–Crippen LogP) is 2.42. The van der Waals surface area contributed by atoms with Crippen molar-refractivity contribution in [2.45, 2.75) is 38.2 Å². The van der Waals surface area contributed by atoms with Gasteiger partial charge in [0.15, 0.2) is 5.82 Å². The Morgan fingerprint density at radius 3 is 2.76 bits per heavy atom. The van der Waals surface area contributed by atoms with Crippen molar-refractivity contribution in [3.8, 4) is 29.4 Å². The Morgan fingerprint density at radius 2 is 2.16 bits per heavy atom. The topological polar surface area (TPSA) is 95.3 Å². The van der Waals surface area contributed by atoms with Gasteiger partial charge in [-0.3, -0.25) is 4.79 Å². The molecule has 0 saturated heterocycles. The van der Waals surface area contributed by atoms with Gasteiger partial charge in [-0.25, -0.2) is 0 Å². The third-order valence-electron chi connectivity index (χ3n) is 4.01. The van der Waals surface area contributed by atoms with Crippen LogP contribution in [0.3, 0.4) is 0 Å². The minimum atomic E-state index is -0.721.